The van der Waals surface area contributed by atoms with Crippen LogP contribution in [0.2, 0.25) is 0 Å². The van der Waals surface area contributed by atoms with E-state index in [0.29, 0.717) is 6.54 Å². The summed E-state index contributed by atoms with van der Waals surface area (Å²) in [5, 5.41) is 20.2. The van der Waals surface area contributed by atoms with Gasteiger partial charge in [0.2, 0.25) is 0 Å². The topological polar surface area (TPSA) is 64.0 Å². The summed E-state index contributed by atoms with van der Waals surface area (Å²) in [6.07, 6.45) is -0.690. The number of β-amino-alcohol motifs (C(OH)–C–C–N with tert-alkyl or cyclic N) is 1. The first-order valence-corrected chi connectivity index (χ1v) is 8.23. The Morgan fingerprint density at radius 3 is 2.48 bits per heavy atom. The van der Waals surface area contributed by atoms with E-state index >= 15 is 0 Å². The fourth-order valence-electron chi connectivity index (χ4n) is 4.32. The summed E-state index contributed by atoms with van der Waals surface area (Å²) in [6.45, 7) is 8.45. The zero-order valence-corrected chi connectivity index (χ0v) is 14.1. The quantitative estimate of drug-likeness (QED) is 0.833. The van der Waals surface area contributed by atoms with Gasteiger partial charge in [0, 0.05) is 19.6 Å². The number of likely N-dealkylation sites (tertiary alicyclic amines) is 1. The van der Waals surface area contributed by atoms with Gasteiger partial charge in [0.05, 0.1) is 18.2 Å². The maximum atomic E-state index is 11.4. The number of nitrogens with zero attached hydrogens (tertiary/aromatic N) is 2. The van der Waals surface area contributed by atoms with Gasteiger partial charge < -0.3 is 15.1 Å². The van der Waals surface area contributed by atoms with E-state index in [2.05, 4.69) is 43.9 Å². The summed E-state index contributed by atoms with van der Waals surface area (Å²) >= 11 is 0. The number of carbonyl (C=O) groups is 1. The van der Waals surface area contributed by atoms with Gasteiger partial charge in [0.15, 0.2) is 0 Å². The third-order valence-corrected chi connectivity index (χ3v) is 5.64. The molecule has 1 aromatic rings. The van der Waals surface area contributed by atoms with Gasteiger partial charge in [0.1, 0.15) is 0 Å². The number of fused-ring (bicyclic) bond motifs is 1. The first-order chi connectivity index (χ1) is 10.8. The third-order valence-electron chi connectivity index (χ3n) is 5.64. The highest BCUT2D eigenvalue weighted by Crippen LogP contribution is 2.45. The molecule has 5 heteroatoms. The maximum absolute atomic E-state index is 11.4. The van der Waals surface area contributed by atoms with Crippen molar-refractivity contribution < 1.29 is 15.0 Å². The average molecular weight is 318 g/mol. The number of amides is 1. The summed E-state index contributed by atoms with van der Waals surface area (Å²) in [7, 11) is 0. The molecule has 0 saturated carbocycles. The van der Waals surface area contributed by atoms with Gasteiger partial charge in [-0.15, -0.1) is 0 Å². The molecule has 1 fully saturated rings. The second-order valence-electron chi connectivity index (χ2n) is 7.79. The summed E-state index contributed by atoms with van der Waals surface area (Å²) in [5.41, 5.74) is 1.85. The fraction of sp³-hybridized carbons (Fsp3) is 0.611. The minimum Gasteiger partial charge on any atom is -0.465 e. The Morgan fingerprint density at radius 1 is 1.26 bits per heavy atom. The van der Waals surface area contributed by atoms with Crippen molar-refractivity contribution >= 4 is 6.09 Å². The van der Waals surface area contributed by atoms with E-state index in [-0.39, 0.29) is 12.0 Å². The molecule has 2 aliphatic rings. The highest BCUT2D eigenvalue weighted by molar-refractivity contribution is 5.66. The van der Waals surface area contributed by atoms with Gasteiger partial charge in [-0.05, 0) is 23.0 Å². The van der Waals surface area contributed by atoms with Crippen LogP contribution in [-0.4, -0.2) is 57.4 Å². The molecule has 0 aliphatic carbocycles. The minimum absolute atomic E-state index is 0.185. The molecule has 23 heavy (non-hydrogen) atoms. The van der Waals surface area contributed by atoms with Crippen LogP contribution in [0.3, 0.4) is 0 Å². The second-order valence-corrected chi connectivity index (χ2v) is 7.79. The number of aliphatic hydroxyl groups excluding tert-OH is 1. The van der Waals surface area contributed by atoms with Crippen LogP contribution in [0.15, 0.2) is 24.3 Å². The highest BCUT2D eigenvalue weighted by Gasteiger charge is 2.58. The molecular formula is C18H26N2O3. The van der Waals surface area contributed by atoms with Gasteiger partial charge in [-0.1, -0.05) is 45.0 Å². The highest BCUT2D eigenvalue weighted by atomic mass is 16.4. The van der Waals surface area contributed by atoms with Crippen molar-refractivity contribution in [2.75, 3.05) is 19.6 Å². The van der Waals surface area contributed by atoms with E-state index in [4.69, 9.17) is 0 Å². The van der Waals surface area contributed by atoms with Crippen molar-refractivity contribution in [3.05, 3.63) is 35.4 Å². The monoisotopic (exact) mass is 318 g/mol. The van der Waals surface area contributed by atoms with E-state index in [1.165, 1.54) is 16.0 Å². The van der Waals surface area contributed by atoms with Crippen LogP contribution in [0.5, 0.6) is 0 Å². The van der Waals surface area contributed by atoms with Crippen LogP contribution in [0, 0.1) is 5.41 Å². The van der Waals surface area contributed by atoms with E-state index < -0.39 is 17.7 Å². The van der Waals surface area contributed by atoms with Crippen molar-refractivity contribution in [1.29, 1.82) is 0 Å². The number of aliphatic hydroxyl groups is 1. The van der Waals surface area contributed by atoms with Gasteiger partial charge in [0.25, 0.3) is 0 Å². The van der Waals surface area contributed by atoms with Crippen molar-refractivity contribution in [2.24, 2.45) is 5.41 Å². The molecule has 0 spiro atoms. The Hall–Kier alpha value is -1.59. The molecule has 5 nitrogen and oxygen atoms in total. The molecule has 2 aliphatic heterocycles. The molecule has 1 amide bonds. The summed E-state index contributed by atoms with van der Waals surface area (Å²) < 4.78 is 0. The molecule has 2 heterocycles. The van der Waals surface area contributed by atoms with Crippen LogP contribution < -0.4 is 0 Å². The molecule has 0 aromatic heterocycles. The fourth-order valence-corrected chi connectivity index (χ4v) is 4.32. The number of carboxylic acid groups (broad SMARTS) is 1. The lowest BCUT2D eigenvalue weighted by atomic mass is 9.69. The Labute approximate surface area is 137 Å². The molecular weight excluding hydrogens is 292 g/mol. The number of benzene rings is 1. The van der Waals surface area contributed by atoms with Crippen molar-refractivity contribution in [2.45, 2.75) is 45.4 Å². The SMILES string of the molecule is CC(C)(C)[C@]1(N2CCc3ccccc3C2)CN(C(=O)O)C[C@@H]1O. The average Bonchev–Trinajstić information content (AvgIpc) is 2.85. The summed E-state index contributed by atoms with van der Waals surface area (Å²) in [5.74, 6) is 0. The molecule has 2 atom stereocenters. The Morgan fingerprint density at radius 2 is 1.91 bits per heavy atom. The lowest BCUT2D eigenvalue weighted by Crippen LogP contribution is -2.65. The Bertz CT molecular complexity index is 611. The van der Waals surface area contributed by atoms with Crippen molar-refractivity contribution in [1.82, 2.24) is 9.80 Å². The van der Waals surface area contributed by atoms with Crippen LogP contribution in [0.1, 0.15) is 31.9 Å². The first kappa shape index (κ1) is 16.3. The summed E-state index contributed by atoms with van der Waals surface area (Å²) in [6, 6.07) is 8.39. The largest absolute Gasteiger partial charge is 0.465 e. The van der Waals surface area contributed by atoms with Crippen molar-refractivity contribution in [3.63, 3.8) is 0 Å². The molecule has 0 radical (unpaired) electrons. The molecule has 0 unspecified atom stereocenters. The van der Waals surface area contributed by atoms with E-state index in [1.807, 2.05) is 6.07 Å². The second kappa shape index (κ2) is 5.49. The van der Waals surface area contributed by atoms with E-state index in [1.54, 1.807) is 0 Å². The summed E-state index contributed by atoms with van der Waals surface area (Å²) in [4.78, 5) is 15.1. The number of hydrogen-bond donors (Lipinski definition) is 2. The lowest BCUT2D eigenvalue weighted by molar-refractivity contribution is -0.0765. The molecule has 0 bridgehead atoms. The van der Waals surface area contributed by atoms with Gasteiger partial charge in [-0.25, -0.2) is 4.79 Å². The predicted molar refractivity (Wildman–Crippen MR) is 88.3 cm³/mol. The maximum Gasteiger partial charge on any atom is 0.407 e. The normalized spacial score (nSPS) is 28.7. The van der Waals surface area contributed by atoms with Gasteiger partial charge >= 0.3 is 6.09 Å². The molecule has 1 saturated heterocycles. The first-order valence-electron chi connectivity index (χ1n) is 8.23. The molecule has 1 aromatic carbocycles. The minimum atomic E-state index is -0.951. The third kappa shape index (κ3) is 2.52. The van der Waals surface area contributed by atoms with Crippen LogP contribution >= 0.6 is 0 Å². The zero-order chi connectivity index (χ0) is 16.8. The smallest absolute Gasteiger partial charge is 0.407 e. The zero-order valence-electron chi connectivity index (χ0n) is 14.1. The van der Waals surface area contributed by atoms with Gasteiger partial charge in [-0.2, -0.15) is 0 Å². The van der Waals surface area contributed by atoms with Gasteiger partial charge in [-0.3, -0.25) is 4.90 Å². The van der Waals surface area contributed by atoms with Crippen LogP contribution in [-0.2, 0) is 13.0 Å². The Balaban J connectivity index is 1.97. The van der Waals surface area contributed by atoms with E-state index in [0.717, 1.165) is 19.5 Å². The Kier molecular flexibility index (Phi) is 3.89. The molecule has 126 valence electrons. The van der Waals surface area contributed by atoms with Crippen LogP contribution in [0.4, 0.5) is 4.79 Å². The number of hydrogen-bond acceptors (Lipinski definition) is 3. The predicted octanol–water partition coefficient (Wildman–Crippen LogP) is 2.18. The molecule has 3 rings (SSSR count). The standard InChI is InChI=1S/C18H26N2O3/c1-17(2,3)18(12-19(16(22)23)11-15(18)21)20-9-8-13-6-4-5-7-14(13)10-20/h4-7,15,21H,8-12H2,1-3H3,(H,22,23)/t15-,18-/m0/s1. The van der Waals surface area contributed by atoms with E-state index in [9.17, 15) is 15.0 Å². The van der Waals surface area contributed by atoms with Crippen LogP contribution in [0.25, 0.3) is 0 Å². The van der Waals surface area contributed by atoms with Crippen molar-refractivity contribution in [3.8, 4) is 0 Å². The molecule has 2 N–H and O–H groups in total. The number of rotatable bonds is 1. The lowest BCUT2D eigenvalue weighted by Gasteiger charge is -2.53.